The smallest absolute Gasteiger partial charge is 0.239 e. The summed E-state index contributed by atoms with van der Waals surface area (Å²) in [6, 6.07) is 35.5. The molecule has 2 bridgehead atoms. The fourth-order valence-electron chi connectivity index (χ4n) is 7.75. The summed E-state index contributed by atoms with van der Waals surface area (Å²) in [7, 11) is 3.20. The van der Waals surface area contributed by atoms with Crippen LogP contribution in [0.25, 0.3) is 10.8 Å². The molecule has 1 fully saturated rings. The zero-order valence-electron chi connectivity index (χ0n) is 23.7. The third kappa shape index (κ3) is 3.37. The predicted octanol–water partition coefficient (Wildman–Crippen LogP) is 6.81. The molecule has 6 nitrogen and oxygen atoms in total. The number of carbonyl (C=O) groups excluding carboxylic acids is 2. The number of anilines is 1. The van der Waals surface area contributed by atoms with E-state index in [1.807, 2.05) is 85.1 Å². The van der Waals surface area contributed by atoms with Crippen molar-refractivity contribution in [2.24, 2.45) is 16.8 Å². The number of amides is 2. The summed E-state index contributed by atoms with van der Waals surface area (Å²) in [5, 5.41) is 1.85. The molecule has 0 unspecified atom stereocenters. The Morgan fingerprint density at radius 2 is 1.42 bits per heavy atom. The van der Waals surface area contributed by atoms with Crippen LogP contribution in [0, 0.1) is 11.8 Å². The summed E-state index contributed by atoms with van der Waals surface area (Å²) >= 11 is 0. The van der Waals surface area contributed by atoms with Crippen molar-refractivity contribution in [2.75, 3.05) is 19.1 Å². The average Bonchev–Trinajstić information content (AvgIpc) is 3.33. The molecule has 5 aromatic rings. The lowest BCUT2D eigenvalue weighted by molar-refractivity contribution is -0.122. The number of ether oxygens (including phenoxy) is 2. The lowest BCUT2D eigenvalue weighted by Crippen LogP contribution is -2.54. The second kappa shape index (κ2) is 9.39. The van der Waals surface area contributed by atoms with E-state index in [1.165, 1.54) is 4.90 Å². The van der Waals surface area contributed by atoms with Crippen LogP contribution in [0.1, 0.15) is 28.2 Å². The number of aliphatic imine (C=N–C) groups is 1. The molecule has 0 aromatic heterocycles. The Morgan fingerprint density at radius 1 is 0.744 bits per heavy atom. The first-order valence-corrected chi connectivity index (χ1v) is 14.4. The van der Waals surface area contributed by atoms with Crippen molar-refractivity contribution in [3.05, 3.63) is 131 Å². The molecule has 0 radical (unpaired) electrons. The van der Waals surface area contributed by atoms with Crippen LogP contribution in [0.3, 0.4) is 0 Å². The van der Waals surface area contributed by atoms with E-state index in [0.29, 0.717) is 22.9 Å². The number of nitrogens with zero attached hydrogens (tertiary/aromatic N) is 2. The quantitative estimate of drug-likeness (QED) is 0.174. The van der Waals surface area contributed by atoms with Crippen molar-refractivity contribution >= 4 is 40.2 Å². The second-order valence-corrected chi connectivity index (χ2v) is 11.3. The fraction of sp³-hybridized carbons (Fsp3) is 0.162. The Balaban J connectivity index is 1.39. The van der Waals surface area contributed by atoms with Crippen LogP contribution >= 0.6 is 0 Å². The van der Waals surface area contributed by atoms with E-state index in [0.717, 1.165) is 33.0 Å². The number of carbonyl (C=O) groups is 2. The van der Waals surface area contributed by atoms with Crippen LogP contribution in [0.15, 0.2) is 114 Å². The number of benzene rings is 5. The Bertz CT molecular complexity index is 1940. The van der Waals surface area contributed by atoms with Crippen molar-refractivity contribution in [1.29, 1.82) is 0 Å². The minimum atomic E-state index is -0.969. The molecular formula is C37H28N2O4. The highest BCUT2D eigenvalue weighted by Crippen LogP contribution is 2.64. The van der Waals surface area contributed by atoms with E-state index in [1.54, 1.807) is 20.3 Å². The van der Waals surface area contributed by atoms with Gasteiger partial charge in [-0.2, -0.15) is 0 Å². The van der Waals surface area contributed by atoms with Gasteiger partial charge in [0.15, 0.2) is 0 Å². The first kappa shape index (κ1) is 25.5. The molecule has 5 aromatic carbocycles. The van der Waals surface area contributed by atoms with Gasteiger partial charge in [0.05, 0.1) is 37.2 Å². The van der Waals surface area contributed by atoms with Crippen molar-refractivity contribution in [3.63, 3.8) is 0 Å². The highest BCUT2D eigenvalue weighted by atomic mass is 16.5. The molecule has 2 amide bonds. The van der Waals surface area contributed by atoms with E-state index >= 15 is 0 Å². The van der Waals surface area contributed by atoms with Gasteiger partial charge >= 0.3 is 0 Å². The summed E-state index contributed by atoms with van der Waals surface area (Å²) in [5.74, 6) is -0.624. The maximum atomic E-state index is 14.8. The maximum absolute atomic E-state index is 14.8. The molecule has 2 atom stereocenters. The van der Waals surface area contributed by atoms with Gasteiger partial charge in [-0.05, 0) is 45.8 Å². The molecule has 0 saturated carbocycles. The van der Waals surface area contributed by atoms with Crippen molar-refractivity contribution in [2.45, 2.75) is 11.3 Å². The zero-order valence-corrected chi connectivity index (χ0v) is 23.7. The average molecular weight is 565 g/mol. The van der Waals surface area contributed by atoms with Gasteiger partial charge < -0.3 is 9.47 Å². The standard InChI is InChI=1S/C37H28N2O4/c1-42-23-18-19-29(31(20-23)43-2)38-21-37-27-15-7-5-13-25(27)32(26-14-6-8-16-28(26)37)33-34(37)36(41)39(35(33)40)30-17-9-11-22-10-3-4-12-24(22)30/h3-21,32-34H,1-2H3/t32?,33-,34-,37?/m1/s1. The van der Waals surface area contributed by atoms with Gasteiger partial charge in [0.2, 0.25) is 11.8 Å². The first-order chi connectivity index (χ1) is 21.1. The predicted molar refractivity (Wildman–Crippen MR) is 167 cm³/mol. The summed E-state index contributed by atoms with van der Waals surface area (Å²) in [5.41, 5.74) is 4.42. The largest absolute Gasteiger partial charge is 0.497 e. The number of hydrogen-bond acceptors (Lipinski definition) is 5. The highest BCUT2D eigenvalue weighted by molar-refractivity contribution is 6.27. The second-order valence-electron chi connectivity index (χ2n) is 11.3. The molecule has 9 rings (SSSR count). The van der Waals surface area contributed by atoms with Crippen LogP contribution < -0.4 is 14.4 Å². The normalized spacial score (nSPS) is 23.4. The van der Waals surface area contributed by atoms with Crippen LogP contribution in [0.4, 0.5) is 11.4 Å². The first-order valence-electron chi connectivity index (χ1n) is 14.4. The lowest BCUT2D eigenvalue weighted by Gasteiger charge is -2.52. The molecule has 210 valence electrons. The van der Waals surface area contributed by atoms with Crippen LogP contribution in [0.2, 0.25) is 0 Å². The molecule has 0 N–H and O–H groups in total. The number of hydrogen-bond donors (Lipinski definition) is 0. The Hall–Kier alpha value is -5.23. The van der Waals surface area contributed by atoms with E-state index in [4.69, 9.17) is 14.5 Å². The zero-order chi connectivity index (χ0) is 29.3. The summed E-state index contributed by atoms with van der Waals surface area (Å²) in [4.78, 5) is 35.9. The van der Waals surface area contributed by atoms with E-state index in [-0.39, 0.29) is 17.7 Å². The monoisotopic (exact) mass is 564 g/mol. The molecule has 1 heterocycles. The summed E-state index contributed by atoms with van der Waals surface area (Å²) in [6.45, 7) is 0. The van der Waals surface area contributed by atoms with Crippen LogP contribution in [0.5, 0.6) is 11.5 Å². The lowest BCUT2D eigenvalue weighted by atomic mass is 9.47. The molecule has 1 saturated heterocycles. The molecule has 1 aliphatic heterocycles. The van der Waals surface area contributed by atoms with E-state index < -0.39 is 17.3 Å². The van der Waals surface area contributed by atoms with Crippen LogP contribution in [-0.2, 0) is 15.0 Å². The third-order valence-electron chi connectivity index (χ3n) is 9.49. The fourth-order valence-corrected chi connectivity index (χ4v) is 7.75. The van der Waals surface area contributed by atoms with Gasteiger partial charge in [0.25, 0.3) is 0 Å². The molecule has 6 heteroatoms. The van der Waals surface area contributed by atoms with E-state index in [2.05, 4.69) is 24.3 Å². The molecule has 3 aliphatic carbocycles. The van der Waals surface area contributed by atoms with Crippen molar-refractivity contribution in [1.82, 2.24) is 0 Å². The minimum Gasteiger partial charge on any atom is -0.497 e. The summed E-state index contributed by atoms with van der Waals surface area (Å²) in [6.07, 6.45) is 1.89. The third-order valence-corrected chi connectivity index (χ3v) is 9.49. The molecule has 43 heavy (non-hydrogen) atoms. The summed E-state index contributed by atoms with van der Waals surface area (Å²) < 4.78 is 11.1. The number of rotatable bonds is 5. The Labute approximate surface area is 249 Å². The van der Waals surface area contributed by atoms with Crippen molar-refractivity contribution < 1.29 is 19.1 Å². The molecule has 0 spiro atoms. The number of fused-ring (bicyclic) bond motifs is 1. The van der Waals surface area contributed by atoms with Gasteiger partial charge in [-0.3, -0.25) is 14.6 Å². The van der Waals surface area contributed by atoms with Gasteiger partial charge in [-0.1, -0.05) is 84.9 Å². The van der Waals surface area contributed by atoms with Gasteiger partial charge in [0.1, 0.15) is 17.2 Å². The van der Waals surface area contributed by atoms with Crippen LogP contribution in [-0.4, -0.2) is 32.2 Å². The molecular weight excluding hydrogens is 536 g/mol. The SMILES string of the molecule is COc1ccc(N=CC23c4ccccc4C(c4ccccc42)[C@H]2C(=O)N(c4cccc5ccccc45)C(=O)[C@@H]23)c(OC)c1. The maximum Gasteiger partial charge on any atom is 0.239 e. The minimum absolute atomic E-state index is 0.167. The van der Waals surface area contributed by atoms with E-state index in [9.17, 15) is 9.59 Å². The number of methoxy groups -OCH3 is 2. The Kier molecular flexibility index (Phi) is 5.57. The van der Waals surface area contributed by atoms with Gasteiger partial charge in [-0.25, -0.2) is 4.90 Å². The number of imide groups is 1. The highest BCUT2D eigenvalue weighted by Gasteiger charge is 2.68. The van der Waals surface area contributed by atoms with Crippen molar-refractivity contribution in [3.8, 4) is 11.5 Å². The topological polar surface area (TPSA) is 68.2 Å². The van der Waals surface area contributed by atoms with Gasteiger partial charge in [-0.15, -0.1) is 0 Å². The van der Waals surface area contributed by atoms with Gasteiger partial charge in [0, 0.05) is 23.6 Å². The molecule has 4 aliphatic rings. The Morgan fingerprint density at radius 3 is 2.14 bits per heavy atom.